The first-order chi connectivity index (χ1) is 5.63. The monoisotopic (exact) mass is 160 g/mol. The number of hydrogen-bond donors (Lipinski definition) is 1. The van der Waals surface area contributed by atoms with Gasteiger partial charge in [0, 0.05) is 6.42 Å². The summed E-state index contributed by atoms with van der Waals surface area (Å²) in [6, 6.07) is 3.71. The summed E-state index contributed by atoms with van der Waals surface area (Å²) >= 11 is 0. The quantitative estimate of drug-likeness (QED) is 0.506. The van der Waals surface area contributed by atoms with Crippen LogP contribution in [0.2, 0.25) is 0 Å². The minimum Gasteiger partial charge on any atom is -0.386 e. The molecule has 0 spiro atoms. The van der Waals surface area contributed by atoms with Gasteiger partial charge in [0.2, 0.25) is 0 Å². The molecule has 0 aromatic heterocycles. The highest BCUT2D eigenvalue weighted by Crippen LogP contribution is 2.66. The van der Waals surface area contributed by atoms with E-state index in [9.17, 15) is 4.79 Å². The van der Waals surface area contributed by atoms with Crippen LogP contribution < -0.4 is 5.73 Å². The molecule has 1 heterocycles. The Morgan fingerprint density at radius 3 is 2.33 bits per heavy atom. The minimum absolute atomic E-state index is 0.00319. The molecule has 0 aromatic carbocycles. The summed E-state index contributed by atoms with van der Waals surface area (Å²) in [6.45, 7) is 0. The van der Waals surface area contributed by atoms with E-state index in [0.29, 0.717) is 0 Å². The van der Waals surface area contributed by atoms with Gasteiger partial charge in [-0.3, -0.25) is 4.79 Å². The molecule has 0 saturated heterocycles. The lowest BCUT2D eigenvalue weighted by atomic mass is 9.97. The van der Waals surface area contributed by atoms with Crippen molar-refractivity contribution in [2.24, 2.45) is 21.6 Å². The highest BCUT2D eigenvalue weighted by Gasteiger charge is 2.80. The van der Waals surface area contributed by atoms with Crippen molar-refractivity contribution in [3.05, 3.63) is 0 Å². The fourth-order valence-corrected chi connectivity index (χ4v) is 1.60. The Balaban J connectivity index is 2.60. The molecular formula is C7H4N4O. The Morgan fingerprint density at radius 2 is 2.00 bits per heavy atom. The van der Waals surface area contributed by atoms with Crippen molar-refractivity contribution in [1.82, 2.24) is 0 Å². The first-order valence-corrected chi connectivity index (χ1v) is 3.34. The van der Waals surface area contributed by atoms with Crippen molar-refractivity contribution < 1.29 is 4.79 Å². The van der Waals surface area contributed by atoms with Gasteiger partial charge in [0.05, 0.1) is 12.1 Å². The molecule has 1 amide bonds. The highest BCUT2D eigenvalue weighted by molar-refractivity contribution is 6.16. The molecule has 0 unspecified atom stereocenters. The van der Waals surface area contributed by atoms with Crippen molar-refractivity contribution >= 4 is 11.7 Å². The molecule has 5 nitrogen and oxygen atoms in total. The minimum atomic E-state index is -1.24. The zero-order valence-corrected chi connectivity index (χ0v) is 6.03. The predicted octanol–water partition coefficient (Wildman–Crippen LogP) is -0.693. The molecule has 0 radical (unpaired) electrons. The van der Waals surface area contributed by atoms with Gasteiger partial charge < -0.3 is 5.73 Å². The van der Waals surface area contributed by atoms with Crippen molar-refractivity contribution in [1.29, 1.82) is 10.5 Å². The Labute approximate surface area is 68.1 Å². The Morgan fingerprint density at radius 1 is 1.42 bits per heavy atom. The number of amidine groups is 1. The number of carbonyl (C=O) groups excluding carboxylic acids is 1. The number of aliphatic imine (C=N–C) groups is 1. The zero-order valence-electron chi connectivity index (χ0n) is 6.03. The van der Waals surface area contributed by atoms with Crippen LogP contribution in [0, 0.1) is 33.5 Å². The number of nitrogens with zero attached hydrogens (tertiary/aromatic N) is 3. The fraction of sp³-hybridized carbons (Fsp3) is 0.429. The Kier molecular flexibility index (Phi) is 0.843. The number of fused-ring (bicyclic) bond motifs is 1. The number of amides is 1. The molecular weight excluding hydrogens is 156 g/mol. The second kappa shape index (κ2) is 1.49. The fourth-order valence-electron chi connectivity index (χ4n) is 1.60. The number of hydrogen-bond acceptors (Lipinski definition) is 4. The van der Waals surface area contributed by atoms with Crippen molar-refractivity contribution in [2.75, 3.05) is 0 Å². The molecule has 1 aliphatic heterocycles. The Hall–Kier alpha value is -1.88. The third-order valence-corrected chi connectivity index (χ3v) is 2.54. The molecule has 58 valence electrons. The van der Waals surface area contributed by atoms with Crippen LogP contribution in [-0.4, -0.2) is 11.7 Å². The van der Waals surface area contributed by atoms with Gasteiger partial charge in [0.15, 0.2) is 5.41 Å². The number of nitriles is 2. The average molecular weight is 160 g/mol. The molecule has 2 rings (SSSR count). The lowest BCUT2D eigenvalue weighted by Gasteiger charge is -1.98. The zero-order chi connectivity index (χ0) is 8.98. The molecule has 12 heavy (non-hydrogen) atoms. The lowest BCUT2D eigenvalue weighted by Crippen LogP contribution is -2.24. The van der Waals surface area contributed by atoms with E-state index in [4.69, 9.17) is 16.3 Å². The molecule has 5 heteroatoms. The maximum absolute atomic E-state index is 11.1. The Bertz CT molecular complexity index is 399. The van der Waals surface area contributed by atoms with Crippen LogP contribution in [0.25, 0.3) is 0 Å². The van der Waals surface area contributed by atoms with Gasteiger partial charge in [-0.25, -0.2) is 0 Å². The van der Waals surface area contributed by atoms with E-state index in [2.05, 4.69) is 4.99 Å². The highest BCUT2D eigenvalue weighted by atomic mass is 16.2. The maximum Gasteiger partial charge on any atom is 0.270 e. The van der Waals surface area contributed by atoms with Crippen LogP contribution in [0.5, 0.6) is 0 Å². The van der Waals surface area contributed by atoms with Crippen LogP contribution in [-0.2, 0) is 4.79 Å². The first-order valence-electron chi connectivity index (χ1n) is 3.34. The summed E-state index contributed by atoms with van der Waals surface area (Å²) < 4.78 is 0. The van der Waals surface area contributed by atoms with E-state index in [1.54, 1.807) is 0 Å². The third kappa shape index (κ3) is 0.375. The molecule has 1 aliphatic carbocycles. The molecule has 2 aliphatic rings. The largest absolute Gasteiger partial charge is 0.386 e. The molecule has 2 N–H and O–H groups in total. The standard InChI is InChI=1S/C7H4N4O/c8-2-6-1-7(6,3-9)5(12)11-4(6)10/h1H2,(H2,10,11,12)/t6-,7+/m1/s1. The number of rotatable bonds is 0. The van der Waals surface area contributed by atoms with E-state index in [1.807, 2.05) is 12.1 Å². The van der Waals surface area contributed by atoms with E-state index < -0.39 is 16.7 Å². The van der Waals surface area contributed by atoms with Gasteiger partial charge in [0.1, 0.15) is 11.3 Å². The second-order valence-corrected chi connectivity index (χ2v) is 3.01. The van der Waals surface area contributed by atoms with Crippen LogP contribution in [0.4, 0.5) is 0 Å². The van der Waals surface area contributed by atoms with Crippen LogP contribution in [0.15, 0.2) is 4.99 Å². The second-order valence-electron chi connectivity index (χ2n) is 3.01. The van der Waals surface area contributed by atoms with Gasteiger partial charge in [-0.1, -0.05) is 0 Å². The van der Waals surface area contributed by atoms with E-state index >= 15 is 0 Å². The molecule has 1 fully saturated rings. The lowest BCUT2D eigenvalue weighted by molar-refractivity contribution is -0.120. The average Bonchev–Trinajstić information content (AvgIpc) is 2.70. The van der Waals surface area contributed by atoms with Crippen LogP contribution in [0.3, 0.4) is 0 Å². The van der Waals surface area contributed by atoms with Gasteiger partial charge >= 0.3 is 0 Å². The predicted molar refractivity (Wildman–Crippen MR) is 37.3 cm³/mol. The van der Waals surface area contributed by atoms with Crippen LogP contribution >= 0.6 is 0 Å². The number of nitrogens with two attached hydrogens (primary N) is 1. The van der Waals surface area contributed by atoms with Crippen molar-refractivity contribution in [3.63, 3.8) is 0 Å². The summed E-state index contributed by atoms with van der Waals surface area (Å²) in [5, 5.41) is 17.4. The summed E-state index contributed by atoms with van der Waals surface area (Å²) in [5.74, 6) is -0.569. The molecule has 0 bridgehead atoms. The molecule has 1 saturated carbocycles. The summed E-state index contributed by atoms with van der Waals surface area (Å²) in [4.78, 5) is 14.5. The van der Waals surface area contributed by atoms with Gasteiger partial charge in [-0.15, -0.1) is 0 Å². The molecule has 2 atom stereocenters. The van der Waals surface area contributed by atoms with E-state index in [1.165, 1.54) is 0 Å². The van der Waals surface area contributed by atoms with Crippen LogP contribution in [0.1, 0.15) is 6.42 Å². The van der Waals surface area contributed by atoms with Gasteiger partial charge in [-0.2, -0.15) is 15.5 Å². The van der Waals surface area contributed by atoms with Gasteiger partial charge in [-0.05, 0) is 0 Å². The SMILES string of the molecule is N#C[C@@]12C[C@]1(C#N)C(=O)N=C2N. The van der Waals surface area contributed by atoms with E-state index in [-0.39, 0.29) is 12.3 Å². The van der Waals surface area contributed by atoms with Crippen molar-refractivity contribution in [3.8, 4) is 12.1 Å². The number of carbonyl (C=O) groups is 1. The summed E-state index contributed by atoms with van der Waals surface area (Å²) in [7, 11) is 0. The third-order valence-electron chi connectivity index (χ3n) is 2.54. The molecule has 0 aromatic rings. The van der Waals surface area contributed by atoms with E-state index in [0.717, 1.165) is 0 Å². The normalized spacial score (nSPS) is 42.5. The van der Waals surface area contributed by atoms with Gasteiger partial charge in [0.25, 0.3) is 5.91 Å². The maximum atomic E-state index is 11.1. The smallest absolute Gasteiger partial charge is 0.270 e. The summed E-state index contributed by atoms with van der Waals surface area (Å²) in [5.41, 5.74) is 3.03. The first kappa shape index (κ1) is 6.81. The summed E-state index contributed by atoms with van der Waals surface area (Å²) in [6.07, 6.45) is 0.209. The topological polar surface area (TPSA) is 103 Å². The van der Waals surface area contributed by atoms with Crippen molar-refractivity contribution in [2.45, 2.75) is 6.42 Å².